The van der Waals surface area contributed by atoms with Gasteiger partial charge in [-0.1, -0.05) is 6.92 Å². The SMILES string of the molecule is CC(CNC(=O)N1CCC[C@H]1CO)c1ccsc1. The fraction of sp³-hybridized carbons (Fsp3) is 0.615. The molecule has 0 saturated carbocycles. The molecular weight excluding hydrogens is 248 g/mol. The summed E-state index contributed by atoms with van der Waals surface area (Å²) in [5.74, 6) is 0.329. The normalized spacial score (nSPS) is 21.0. The summed E-state index contributed by atoms with van der Waals surface area (Å²) in [4.78, 5) is 13.7. The fourth-order valence-corrected chi connectivity index (χ4v) is 3.09. The first-order chi connectivity index (χ1) is 8.72. The van der Waals surface area contributed by atoms with Crippen molar-refractivity contribution in [3.8, 4) is 0 Å². The smallest absolute Gasteiger partial charge is 0.317 e. The van der Waals surface area contributed by atoms with Crippen LogP contribution in [0, 0.1) is 0 Å². The molecule has 2 N–H and O–H groups in total. The van der Waals surface area contributed by atoms with Crippen molar-refractivity contribution in [2.75, 3.05) is 19.7 Å². The lowest BCUT2D eigenvalue weighted by molar-refractivity contribution is 0.157. The average Bonchev–Trinajstić information content (AvgIpc) is 3.04. The molecule has 5 heteroatoms. The zero-order chi connectivity index (χ0) is 13.0. The van der Waals surface area contributed by atoms with Crippen LogP contribution in [0.2, 0.25) is 0 Å². The molecule has 0 radical (unpaired) electrons. The Kier molecular flexibility index (Phi) is 4.60. The molecule has 1 unspecified atom stereocenters. The minimum atomic E-state index is -0.0476. The summed E-state index contributed by atoms with van der Waals surface area (Å²) in [5.41, 5.74) is 1.26. The number of rotatable bonds is 4. The first-order valence-electron chi connectivity index (χ1n) is 6.39. The number of carbonyl (C=O) groups excluding carboxylic acids is 1. The van der Waals surface area contributed by atoms with Crippen molar-refractivity contribution in [1.82, 2.24) is 10.2 Å². The van der Waals surface area contributed by atoms with Gasteiger partial charge in [0.1, 0.15) is 0 Å². The van der Waals surface area contributed by atoms with Gasteiger partial charge in [-0.3, -0.25) is 0 Å². The van der Waals surface area contributed by atoms with Crippen LogP contribution in [0.25, 0.3) is 0 Å². The van der Waals surface area contributed by atoms with Gasteiger partial charge in [-0.05, 0) is 41.1 Å². The van der Waals surface area contributed by atoms with Crippen molar-refractivity contribution >= 4 is 17.4 Å². The van der Waals surface area contributed by atoms with Gasteiger partial charge in [0, 0.05) is 13.1 Å². The molecule has 1 aliphatic heterocycles. The number of thiophene rings is 1. The Labute approximate surface area is 112 Å². The van der Waals surface area contributed by atoms with Crippen LogP contribution in [0.4, 0.5) is 4.79 Å². The summed E-state index contributed by atoms with van der Waals surface area (Å²) in [6, 6.07) is 2.04. The average molecular weight is 268 g/mol. The second-order valence-electron chi connectivity index (χ2n) is 4.82. The van der Waals surface area contributed by atoms with Crippen molar-refractivity contribution in [3.05, 3.63) is 22.4 Å². The summed E-state index contributed by atoms with van der Waals surface area (Å²) < 4.78 is 0. The van der Waals surface area contributed by atoms with E-state index < -0.39 is 0 Å². The van der Waals surface area contributed by atoms with Crippen LogP contribution in [-0.2, 0) is 0 Å². The highest BCUT2D eigenvalue weighted by molar-refractivity contribution is 7.07. The van der Waals surface area contributed by atoms with Crippen molar-refractivity contribution in [3.63, 3.8) is 0 Å². The second kappa shape index (κ2) is 6.20. The number of urea groups is 1. The molecule has 2 heterocycles. The molecule has 1 aliphatic rings. The summed E-state index contributed by atoms with van der Waals surface area (Å²) in [6.07, 6.45) is 1.89. The van der Waals surface area contributed by atoms with E-state index in [4.69, 9.17) is 0 Å². The van der Waals surface area contributed by atoms with Gasteiger partial charge in [0.05, 0.1) is 12.6 Å². The van der Waals surface area contributed by atoms with Gasteiger partial charge in [0.2, 0.25) is 0 Å². The highest BCUT2D eigenvalue weighted by atomic mass is 32.1. The van der Waals surface area contributed by atoms with E-state index in [-0.39, 0.29) is 18.7 Å². The van der Waals surface area contributed by atoms with E-state index in [1.54, 1.807) is 16.2 Å². The molecular formula is C13H20N2O2S. The standard InChI is InChI=1S/C13H20N2O2S/c1-10(11-4-6-18-9-11)7-14-13(17)15-5-2-3-12(15)8-16/h4,6,9-10,12,16H,2-3,5,7-8H2,1H3,(H,14,17)/t10?,12-/m0/s1. The van der Waals surface area contributed by atoms with Gasteiger partial charge in [0.15, 0.2) is 0 Å². The first-order valence-corrected chi connectivity index (χ1v) is 7.34. The molecule has 2 rings (SSSR count). The summed E-state index contributed by atoms with van der Waals surface area (Å²) in [6.45, 7) is 3.57. The molecule has 0 spiro atoms. The molecule has 1 saturated heterocycles. The van der Waals surface area contributed by atoms with Crippen LogP contribution in [0.5, 0.6) is 0 Å². The Morgan fingerprint density at radius 1 is 1.72 bits per heavy atom. The van der Waals surface area contributed by atoms with E-state index >= 15 is 0 Å². The third kappa shape index (κ3) is 3.03. The molecule has 1 fully saturated rings. The third-order valence-corrected chi connectivity index (χ3v) is 4.22. The summed E-state index contributed by atoms with van der Waals surface area (Å²) >= 11 is 1.68. The van der Waals surface area contributed by atoms with Crippen LogP contribution in [0.1, 0.15) is 31.2 Å². The molecule has 2 amide bonds. The third-order valence-electron chi connectivity index (χ3n) is 3.52. The lowest BCUT2D eigenvalue weighted by atomic mass is 10.1. The first kappa shape index (κ1) is 13.4. The second-order valence-corrected chi connectivity index (χ2v) is 5.60. The lowest BCUT2D eigenvalue weighted by Gasteiger charge is -2.24. The topological polar surface area (TPSA) is 52.6 Å². The van der Waals surface area contributed by atoms with Gasteiger partial charge < -0.3 is 15.3 Å². The molecule has 0 bridgehead atoms. The Balaban J connectivity index is 1.81. The van der Waals surface area contributed by atoms with Crippen LogP contribution >= 0.6 is 11.3 Å². The number of nitrogens with zero attached hydrogens (tertiary/aromatic N) is 1. The van der Waals surface area contributed by atoms with Crippen molar-refractivity contribution in [1.29, 1.82) is 0 Å². The fourth-order valence-electron chi connectivity index (χ4n) is 2.31. The Morgan fingerprint density at radius 3 is 3.22 bits per heavy atom. The minimum Gasteiger partial charge on any atom is -0.394 e. The van der Waals surface area contributed by atoms with E-state index in [0.717, 1.165) is 19.4 Å². The van der Waals surface area contributed by atoms with Crippen molar-refractivity contribution < 1.29 is 9.90 Å². The zero-order valence-electron chi connectivity index (χ0n) is 10.6. The zero-order valence-corrected chi connectivity index (χ0v) is 11.4. The van der Waals surface area contributed by atoms with Crippen LogP contribution in [0.15, 0.2) is 16.8 Å². The highest BCUT2D eigenvalue weighted by Gasteiger charge is 2.27. The maximum absolute atomic E-state index is 12.0. The van der Waals surface area contributed by atoms with E-state index in [2.05, 4.69) is 29.1 Å². The van der Waals surface area contributed by atoms with Gasteiger partial charge in [0.25, 0.3) is 0 Å². The number of carbonyl (C=O) groups is 1. The van der Waals surface area contributed by atoms with Gasteiger partial charge in [-0.25, -0.2) is 4.79 Å². The van der Waals surface area contributed by atoms with Crippen LogP contribution in [-0.4, -0.2) is 41.8 Å². The number of aliphatic hydroxyl groups excluding tert-OH is 1. The van der Waals surface area contributed by atoms with Gasteiger partial charge in [-0.2, -0.15) is 11.3 Å². The molecule has 1 aromatic heterocycles. The van der Waals surface area contributed by atoms with Gasteiger partial charge in [-0.15, -0.1) is 0 Å². The number of likely N-dealkylation sites (tertiary alicyclic amines) is 1. The van der Waals surface area contributed by atoms with Crippen molar-refractivity contribution in [2.24, 2.45) is 0 Å². The number of hydrogen-bond acceptors (Lipinski definition) is 3. The monoisotopic (exact) mass is 268 g/mol. The molecule has 100 valence electrons. The number of aliphatic hydroxyl groups is 1. The lowest BCUT2D eigenvalue weighted by Crippen LogP contribution is -2.45. The molecule has 18 heavy (non-hydrogen) atoms. The Morgan fingerprint density at radius 2 is 2.56 bits per heavy atom. The summed E-state index contributed by atoms with van der Waals surface area (Å²) in [5, 5.41) is 16.3. The van der Waals surface area contributed by atoms with Crippen LogP contribution < -0.4 is 5.32 Å². The summed E-state index contributed by atoms with van der Waals surface area (Å²) in [7, 11) is 0. The van der Waals surface area contributed by atoms with Gasteiger partial charge >= 0.3 is 6.03 Å². The quantitative estimate of drug-likeness (QED) is 0.877. The van der Waals surface area contributed by atoms with E-state index in [9.17, 15) is 9.90 Å². The molecule has 0 aliphatic carbocycles. The molecule has 0 aromatic carbocycles. The largest absolute Gasteiger partial charge is 0.394 e. The van der Waals surface area contributed by atoms with E-state index in [1.807, 2.05) is 0 Å². The maximum Gasteiger partial charge on any atom is 0.317 e. The minimum absolute atomic E-state index is 0.00135. The molecule has 4 nitrogen and oxygen atoms in total. The number of nitrogens with one attached hydrogen (secondary N) is 1. The maximum atomic E-state index is 12.0. The van der Waals surface area contributed by atoms with Crippen LogP contribution in [0.3, 0.4) is 0 Å². The predicted octanol–water partition coefficient (Wildman–Crippen LogP) is 2.02. The Bertz CT molecular complexity index is 380. The Hall–Kier alpha value is -1.07. The number of amides is 2. The van der Waals surface area contributed by atoms with Crippen molar-refractivity contribution in [2.45, 2.75) is 31.7 Å². The predicted molar refractivity (Wildman–Crippen MR) is 72.9 cm³/mol. The molecule has 1 aromatic rings. The van der Waals surface area contributed by atoms with E-state index in [0.29, 0.717) is 12.5 Å². The van der Waals surface area contributed by atoms with E-state index in [1.165, 1.54) is 5.56 Å². The molecule has 2 atom stereocenters. The highest BCUT2D eigenvalue weighted by Crippen LogP contribution is 2.19. The number of hydrogen-bond donors (Lipinski definition) is 2.